The molecule has 0 amide bonds. The number of ether oxygens (including phenoxy) is 2. The summed E-state index contributed by atoms with van der Waals surface area (Å²) < 4.78 is 11.4. The van der Waals surface area contributed by atoms with Crippen LogP contribution in [0.1, 0.15) is 19.4 Å². The lowest BCUT2D eigenvalue weighted by atomic mass is 9.71. The number of allylic oxidation sites excluding steroid dienone is 2. The molecule has 0 aromatic heterocycles. The Balaban J connectivity index is 1.94. The first kappa shape index (κ1) is 15.7. The number of rotatable bonds is 2. The number of hydrogen-bond acceptors (Lipinski definition) is 4. The molecule has 1 unspecified atom stereocenters. The summed E-state index contributed by atoms with van der Waals surface area (Å²) in [6, 6.07) is 7.28. The first-order chi connectivity index (χ1) is 11.0. The zero-order chi connectivity index (χ0) is 16.6. The summed E-state index contributed by atoms with van der Waals surface area (Å²) in [5, 5.41) is 0. The van der Waals surface area contributed by atoms with E-state index >= 15 is 0 Å². The van der Waals surface area contributed by atoms with Crippen LogP contribution in [-0.2, 0) is 14.3 Å². The largest absolute Gasteiger partial charge is 0.426 e. The highest BCUT2D eigenvalue weighted by atomic mass is 16.5. The molecule has 1 saturated heterocycles. The van der Waals surface area contributed by atoms with Crippen molar-refractivity contribution in [3.05, 3.63) is 53.6 Å². The highest BCUT2D eigenvalue weighted by molar-refractivity contribution is 6.07. The fourth-order valence-corrected chi connectivity index (χ4v) is 3.36. The molecule has 120 valence electrons. The van der Waals surface area contributed by atoms with Gasteiger partial charge in [-0.2, -0.15) is 0 Å². The van der Waals surface area contributed by atoms with Gasteiger partial charge in [-0.3, -0.25) is 9.59 Å². The maximum absolute atomic E-state index is 12.7. The van der Waals surface area contributed by atoms with E-state index in [1.807, 2.05) is 39.0 Å². The van der Waals surface area contributed by atoms with Crippen LogP contribution in [0.25, 0.3) is 0 Å². The Labute approximate surface area is 135 Å². The first-order valence-electron chi connectivity index (χ1n) is 7.75. The van der Waals surface area contributed by atoms with Gasteiger partial charge in [0, 0.05) is 5.92 Å². The van der Waals surface area contributed by atoms with Crippen molar-refractivity contribution in [3.63, 3.8) is 0 Å². The number of hydrogen-bond donors (Lipinski definition) is 0. The topological polar surface area (TPSA) is 52.6 Å². The van der Waals surface area contributed by atoms with Crippen molar-refractivity contribution in [2.45, 2.75) is 26.4 Å². The number of aryl methyl sites for hydroxylation is 1. The highest BCUT2D eigenvalue weighted by Gasteiger charge is 2.53. The third-order valence-corrected chi connectivity index (χ3v) is 4.71. The number of fused-ring (bicyclic) bond motifs is 1. The van der Waals surface area contributed by atoms with Crippen molar-refractivity contribution in [3.8, 4) is 5.75 Å². The van der Waals surface area contributed by atoms with Crippen LogP contribution >= 0.6 is 0 Å². The SMILES string of the molecule is C/C=C1\CO[C@]2(C)C=CC(=O)[C@@H](C(=O)Oc3ccccc3C)C12. The quantitative estimate of drug-likeness (QED) is 0.364. The van der Waals surface area contributed by atoms with Crippen molar-refractivity contribution >= 4 is 11.8 Å². The molecule has 3 rings (SSSR count). The Hall–Kier alpha value is -2.20. The van der Waals surface area contributed by atoms with E-state index in [0.29, 0.717) is 12.4 Å². The van der Waals surface area contributed by atoms with Crippen LogP contribution in [0.3, 0.4) is 0 Å². The third kappa shape index (κ3) is 2.63. The number of carbonyl (C=O) groups is 2. The summed E-state index contributed by atoms with van der Waals surface area (Å²) in [7, 11) is 0. The van der Waals surface area contributed by atoms with E-state index in [1.54, 1.807) is 18.2 Å². The van der Waals surface area contributed by atoms with Gasteiger partial charge < -0.3 is 9.47 Å². The molecule has 23 heavy (non-hydrogen) atoms. The molecule has 3 atom stereocenters. The average Bonchev–Trinajstić information content (AvgIpc) is 2.87. The second kappa shape index (κ2) is 5.78. The van der Waals surface area contributed by atoms with Crippen molar-refractivity contribution < 1.29 is 19.1 Å². The van der Waals surface area contributed by atoms with Crippen molar-refractivity contribution in [1.82, 2.24) is 0 Å². The highest BCUT2D eigenvalue weighted by Crippen LogP contribution is 2.45. The summed E-state index contributed by atoms with van der Waals surface area (Å²) in [6.07, 6.45) is 5.13. The molecule has 1 aromatic carbocycles. The molecule has 1 heterocycles. The monoisotopic (exact) mass is 312 g/mol. The summed E-state index contributed by atoms with van der Waals surface area (Å²) in [5.74, 6) is -1.42. The van der Waals surface area contributed by atoms with Crippen LogP contribution in [0.2, 0.25) is 0 Å². The van der Waals surface area contributed by atoms with Crippen molar-refractivity contribution in [2.75, 3.05) is 6.61 Å². The number of esters is 1. The minimum atomic E-state index is -0.863. The summed E-state index contributed by atoms with van der Waals surface area (Å²) >= 11 is 0. The van der Waals surface area contributed by atoms with E-state index in [2.05, 4.69) is 0 Å². The van der Waals surface area contributed by atoms with Gasteiger partial charge in [0.1, 0.15) is 11.7 Å². The maximum atomic E-state index is 12.7. The minimum Gasteiger partial charge on any atom is -0.426 e. The maximum Gasteiger partial charge on any atom is 0.322 e. The number of ketones is 1. The summed E-state index contributed by atoms with van der Waals surface area (Å²) in [4.78, 5) is 25.1. The Morgan fingerprint density at radius 1 is 1.39 bits per heavy atom. The minimum absolute atomic E-state index is 0.226. The van der Waals surface area contributed by atoms with Crippen molar-refractivity contribution in [1.29, 1.82) is 0 Å². The lowest BCUT2D eigenvalue weighted by Crippen LogP contribution is -2.46. The van der Waals surface area contributed by atoms with Crippen LogP contribution in [0.4, 0.5) is 0 Å². The van der Waals surface area contributed by atoms with E-state index in [0.717, 1.165) is 11.1 Å². The van der Waals surface area contributed by atoms with Gasteiger partial charge in [-0.15, -0.1) is 0 Å². The molecule has 4 nitrogen and oxygen atoms in total. The number of benzene rings is 1. The predicted molar refractivity (Wildman–Crippen MR) is 86.1 cm³/mol. The molecular weight excluding hydrogens is 292 g/mol. The second-order valence-corrected chi connectivity index (χ2v) is 6.21. The Kier molecular flexibility index (Phi) is 3.94. The molecule has 1 fully saturated rings. The van der Waals surface area contributed by atoms with E-state index < -0.39 is 17.5 Å². The molecule has 0 spiro atoms. The van der Waals surface area contributed by atoms with Gasteiger partial charge in [0.15, 0.2) is 5.78 Å². The average molecular weight is 312 g/mol. The molecule has 1 aliphatic heterocycles. The Morgan fingerprint density at radius 2 is 2.13 bits per heavy atom. The molecule has 0 radical (unpaired) electrons. The zero-order valence-corrected chi connectivity index (χ0v) is 13.5. The molecule has 4 heteroatoms. The summed E-state index contributed by atoms with van der Waals surface area (Å²) in [6.45, 7) is 6.11. The van der Waals surface area contributed by atoms with Crippen LogP contribution < -0.4 is 4.74 Å². The fourth-order valence-electron chi connectivity index (χ4n) is 3.36. The number of carbonyl (C=O) groups excluding carboxylic acids is 2. The third-order valence-electron chi connectivity index (χ3n) is 4.71. The molecule has 0 bridgehead atoms. The Morgan fingerprint density at radius 3 is 2.83 bits per heavy atom. The van der Waals surface area contributed by atoms with Crippen LogP contribution in [0, 0.1) is 18.8 Å². The van der Waals surface area contributed by atoms with E-state index in [4.69, 9.17) is 9.47 Å². The second-order valence-electron chi connectivity index (χ2n) is 6.21. The van der Waals surface area contributed by atoms with Crippen LogP contribution in [-0.4, -0.2) is 24.0 Å². The van der Waals surface area contributed by atoms with Gasteiger partial charge in [0.05, 0.1) is 12.2 Å². The number of para-hydroxylation sites is 1. The first-order valence-corrected chi connectivity index (χ1v) is 7.75. The molecule has 2 aliphatic rings. The summed E-state index contributed by atoms with van der Waals surface area (Å²) in [5.41, 5.74) is 1.19. The fraction of sp³-hybridized carbons (Fsp3) is 0.368. The smallest absolute Gasteiger partial charge is 0.322 e. The van der Waals surface area contributed by atoms with Crippen LogP contribution in [0.5, 0.6) is 5.75 Å². The lowest BCUT2D eigenvalue weighted by Gasteiger charge is -2.34. The standard InChI is InChI=1S/C19H20O4/c1-4-13-11-22-19(3)10-9-14(20)16(17(13)19)18(21)23-15-8-6-5-7-12(15)2/h4-10,16-17H,11H2,1-3H3/b13-4+/t16-,17?,19-/m1/s1. The van der Waals surface area contributed by atoms with Crippen LogP contribution in [0.15, 0.2) is 48.1 Å². The van der Waals surface area contributed by atoms with Gasteiger partial charge in [0.25, 0.3) is 0 Å². The van der Waals surface area contributed by atoms with E-state index in [-0.39, 0.29) is 11.7 Å². The Bertz CT molecular complexity index is 716. The molecule has 1 aliphatic carbocycles. The molecule has 0 saturated carbocycles. The lowest BCUT2D eigenvalue weighted by molar-refractivity contribution is -0.147. The molecule has 1 aromatic rings. The van der Waals surface area contributed by atoms with E-state index in [1.165, 1.54) is 6.08 Å². The van der Waals surface area contributed by atoms with Crippen molar-refractivity contribution in [2.24, 2.45) is 11.8 Å². The van der Waals surface area contributed by atoms with Gasteiger partial charge in [-0.05, 0) is 50.1 Å². The normalized spacial score (nSPS) is 31.3. The van der Waals surface area contributed by atoms with Gasteiger partial charge in [0.2, 0.25) is 0 Å². The van der Waals surface area contributed by atoms with Gasteiger partial charge >= 0.3 is 5.97 Å². The zero-order valence-electron chi connectivity index (χ0n) is 13.5. The predicted octanol–water partition coefficient (Wildman–Crippen LogP) is 3.01. The van der Waals surface area contributed by atoms with E-state index in [9.17, 15) is 9.59 Å². The van der Waals surface area contributed by atoms with Gasteiger partial charge in [-0.25, -0.2) is 0 Å². The molecular formula is C19H20O4. The van der Waals surface area contributed by atoms with Gasteiger partial charge in [-0.1, -0.05) is 24.3 Å². The molecule has 0 N–H and O–H groups in total.